The third kappa shape index (κ3) is 5.57. The highest BCUT2D eigenvalue weighted by atomic mass is 16.6. The van der Waals surface area contributed by atoms with E-state index in [0.717, 1.165) is 25.7 Å². The maximum absolute atomic E-state index is 12.1. The van der Waals surface area contributed by atoms with Gasteiger partial charge in [0.15, 0.2) is 0 Å². The van der Waals surface area contributed by atoms with Crippen LogP contribution in [0.2, 0.25) is 0 Å². The predicted octanol–water partition coefficient (Wildman–Crippen LogP) is 5.02. The van der Waals surface area contributed by atoms with Crippen molar-refractivity contribution < 1.29 is 14.3 Å². The van der Waals surface area contributed by atoms with Gasteiger partial charge in [-0.3, -0.25) is 4.79 Å². The average Bonchev–Trinajstić information content (AvgIpc) is 3.19. The fourth-order valence-electron chi connectivity index (χ4n) is 3.68. The molecular formula is C19H34O3. The normalized spacial score (nSPS) is 29.9. The van der Waals surface area contributed by atoms with E-state index in [1.54, 1.807) is 0 Å². The number of hydrogen-bond acceptors (Lipinski definition) is 3. The molecule has 0 amide bonds. The molecule has 0 aromatic rings. The first-order chi connectivity index (χ1) is 10.7. The van der Waals surface area contributed by atoms with Crippen LogP contribution in [0, 0.1) is 5.92 Å². The summed E-state index contributed by atoms with van der Waals surface area (Å²) in [5.74, 6) is 0.0806. The highest BCUT2D eigenvalue weighted by Gasteiger charge is 2.56. The molecule has 0 aromatic carbocycles. The van der Waals surface area contributed by atoms with Crippen LogP contribution in [0.5, 0.6) is 0 Å². The van der Waals surface area contributed by atoms with Gasteiger partial charge in [-0.25, -0.2) is 0 Å². The monoisotopic (exact) mass is 310 g/mol. The van der Waals surface area contributed by atoms with E-state index < -0.39 is 0 Å². The Hall–Kier alpha value is -0.570. The minimum atomic E-state index is -0.0142. The molecule has 2 fully saturated rings. The maximum atomic E-state index is 12.1. The summed E-state index contributed by atoms with van der Waals surface area (Å²) in [6.07, 6.45) is 14.9. The van der Waals surface area contributed by atoms with E-state index >= 15 is 0 Å². The Morgan fingerprint density at radius 2 is 1.68 bits per heavy atom. The van der Waals surface area contributed by atoms with E-state index in [0.29, 0.717) is 12.7 Å². The molecule has 1 saturated heterocycles. The lowest BCUT2D eigenvalue weighted by Crippen LogP contribution is -2.29. The van der Waals surface area contributed by atoms with Crippen molar-refractivity contribution in [2.45, 2.75) is 103 Å². The first kappa shape index (κ1) is 17.8. The maximum Gasteiger partial charge on any atom is 0.309 e. The third-order valence-electron chi connectivity index (χ3n) is 5.29. The Morgan fingerprint density at radius 3 is 2.32 bits per heavy atom. The van der Waals surface area contributed by atoms with E-state index in [-0.39, 0.29) is 17.5 Å². The van der Waals surface area contributed by atoms with Crippen molar-refractivity contribution in [1.29, 1.82) is 0 Å². The zero-order valence-corrected chi connectivity index (χ0v) is 14.6. The van der Waals surface area contributed by atoms with Crippen LogP contribution >= 0.6 is 0 Å². The lowest BCUT2D eigenvalue weighted by Gasteiger charge is -2.21. The Labute approximate surface area is 136 Å². The molecule has 2 aliphatic rings. The van der Waals surface area contributed by atoms with Crippen LogP contribution < -0.4 is 0 Å². The van der Waals surface area contributed by atoms with Gasteiger partial charge in [-0.15, -0.1) is 0 Å². The number of carbonyl (C=O) groups is 1. The summed E-state index contributed by atoms with van der Waals surface area (Å²) in [7, 11) is 0. The molecule has 128 valence electrons. The summed E-state index contributed by atoms with van der Waals surface area (Å²) in [5.41, 5.74) is -0.0142. The fourth-order valence-corrected chi connectivity index (χ4v) is 3.68. The summed E-state index contributed by atoms with van der Waals surface area (Å²) in [5, 5.41) is 0. The zero-order chi connectivity index (χ0) is 15.8. The van der Waals surface area contributed by atoms with Crippen LogP contribution in [0.3, 0.4) is 0 Å². The van der Waals surface area contributed by atoms with Crippen LogP contribution in [-0.2, 0) is 14.3 Å². The van der Waals surface area contributed by atoms with E-state index in [9.17, 15) is 4.79 Å². The number of unbranched alkanes of at least 4 members (excludes halogenated alkanes) is 8. The molecule has 1 heterocycles. The number of fused-ring (bicyclic) bond motifs is 1. The zero-order valence-electron chi connectivity index (χ0n) is 14.6. The van der Waals surface area contributed by atoms with Crippen LogP contribution in [0.4, 0.5) is 0 Å². The molecule has 22 heavy (non-hydrogen) atoms. The van der Waals surface area contributed by atoms with Gasteiger partial charge in [0.05, 0.1) is 24.2 Å². The molecule has 2 rings (SSSR count). The Kier molecular flexibility index (Phi) is 7.20. The largest absolute Gasteiger partial charge is 0.465 e. The molecule has 3 atom stereocenters. The number of esters is 1. The van der Waals surface area contributed by atoms with Crippen LogP contribution in [0.25, 0.3) is 0 Å². The number of rotatable bonds is 11. The van der Waals surface area contributed by atoms with E-state index in [1.807, 2.05) is 0 Å². The van der Waals surface area contributed by atoms with E-state index in [1.165, 1.54) is 51.4 Å². The Balaban J connectivity index is 1.41. The fraction of sp³-hybridized carbons (Fsp3) is 0.947. The van der Waals surface area contributed by atoms with Crippen molar-refractivity contribution >= 4 is 5.97 Å². The summed E-state index contributed by atoms with van der Waals surface area (Å²) >= 11 is 0. The standard InChI is InChI=1S/C19H34O3/c1-3-4-5-6-7-8-9-10-11-14-21-18(20)16-12-13-17-19(2,15-16)22-17/h16-17H,3-15H2,1-2H3. The highest BCUT2D eigenvalue weighted by molar-refractivity contribution is 5.72. The minimum Gasteiger partial charge on any atom is -0.465 e. The van der Waals surface area contributed by atoms with Crippen molar-refractivity contribution in [3.05, 3.63) is 0 Å². The highest BCUT2D eigenvalue weighted by Crippen LogP contribution is 2.49. The number of epoxide rings is 1. The smallest absolute Gasteiger partial charge is 0.309 e. The van der Waals surface area contributed by atoms with Gasteiger partial charge in [0.25, 0.3) is 0 Å². The number of carbonyl (C=O) groups excluding carboxylic acids is 1. The second-order valence-electron chi connectivity index (χ2n) is 7.39. The van der Waals surface area contributed by atoms with Crippen LogP contribution in [0.1, 0.15) is 90.9 Å². The van der Waals surface area contributed by atoms with Crippen molar-refractivity contribution in [3.8, 4) is 0 Å². The van der Waals surface area contributed by atoms with Gasteiger partial charge in [-0.05, 0) is 32.6 Å². The predicted molar refractivity (Wildman–Crippen MR) is 88.8 cm³/mol. The molecular weight excluding hydrogens is 276 g/mol. The second kappa shape index (κ2) is 8.90. The third-order valence-corrected chi connectivity index (χ3v) is 5.29. The van der Waals surface area contributed by atoms with Crippen LogP contribution in [0.15, 0.2) is 0 Å². The van der Waals surface area contributed by atoms with Gasteiger partial charge in [0, 0.05) is 0 Å². The lowest BCUT2D eigenvalue weighted by molar-refractivity contribution is -0.150. The molecule has 3 heteroatoms. The van der Waals surface area contributed by atoms with E-state index in [4.69, 9.17) is 9.47 Å². The van der Waals surface area contributed by atoms with Gasteiger partial charge in [-0.1, -0.05) is 58.3 Å². The summed E-state index contributed by atoms with van der Waals surface area (Å²) in [6, 6.07) is 0. The van der Waals surface area contributed by atoms with Gasteiger partial charge in [0.2, 0.25) is 0 Å². The molecule has 3 nitrogen and oxygen atoms in total. The molecule has 1 aliphatic carbocycles. The molecule has 0 spiro atoms. The summed E-state index contributed by atoms with van der Waals surface area (Å²) < 4.78 is 11.1. The molecule has 0 radical (unpaired) electrons. The summed E-state index contributed by atoms with van der Waals surface area (Å²) in [6.45, 7) is 4.98. The Morgan fingerprint density at radius 1 is 1.05 bits per heavy atom. The van der Waals surface area contributed by atoms with Gasteiger partial charge < -0.3 is 9.47 Å². The van der Waals surface area contributed by atoms with Crippen molar-refractivity contribution in [2.75, 3.05) is 6.61 Å². The average molecular weight is 310 g/mol. The Bertz CT molecular complexity index is 342. The van der Waals surface area contributed by atoms with Gasteiger partial charge >= 0.3 is 5.97 Å². The van der Waals surface area contributed by atoms with Gasteiger partial charge in [-0.2, -0.15) is 0 Å². The van der Waals surface area contributed by atoms with Crippen molar-refractivity contribution in [2.24, 2.45) is 5.92 Å². The van der Waals surface area contributed by atoms with Crippen LogP contribution in [-0.4, -0.2) is 24.3 Å². The molecule has 0 aromatic heterocycles. The molecule has 1 aliphatic heterocycles. The first-order valence-electron chi connectivity index (χ1n) is 9.50. The number of ether oxygens (including phenoxy) is 2. The van der Waals surface area contributed by atoms with E-state index in [2.05, 4.69) is 13.8 Å². The first-order valence-corrected chi connectivity index (χ1v) is 9.50. The molecule has 0 N–H and O–H groups in total. The summed E-state index contributed by atoms with van der Waals surface area (Å²) in [4.78, 5) is 12.1. The lowest BCUT2D eigenvalue weighted by atomic mass is 9.82. The minimum absolute atomic E-state index is 0.00902. The van der Waals surface area contributed by atoms with Crippen molar-refractivity contribution in [3.63, 3.8) is 0 Å². The van der Waals surface area contributed by atoms with Gasteiger partial charge in [0.1, 0.15) is 0 Å². The van der Waals surface area contributed by atoms with Crippen molar-refractivity contribution in [1.82, 2.24) is 0 Å². The topological polar surface area (TPSA) is 38.8 Å². The number of hydrogen-bond donors (Lipinski definition) is 0. The second-order valence-corrected chi connectivity index (χ2v) is 7.39. The quantitative estimate of drug-likeness (QED) is 0.305. The molecule has 3 unspecified atom stereocenters. The SMILES string of the molecule is CCCCCCCCCCCOC(=O)C1CCC2OC2(C)C1. The molecule has 0 bridgehead atoms. The molecule has 1 saturated carbocycles.